The van der Waals surface area contributed by atoms with Crippen molar-refractivity contribution in [2.45, 2.75) is 12.5 Å². The molecule has 1 amide bonds. The predicted octanol–water partition coefficient (Wildman–Crippen LogP) is 0.862. The van der Waals surface area contributed by atoms with E-state index in [1.165, 1.54) is 0 Å². The maximum absolute atomic E-state index is 12.2. The number of nitrogens with two attached hydrogens (primary N) is 1. The topological polar surface area (TPSA) is 62.5 Å². The number of carbonyl (C=O) groups is 1. The largest absolute Gasteiger partial charge is 0.384 e. The fourth-order valence-electron chi connectivity index (χ4n) is 2.08. The van der Waals surface area contributed by atoms with Gasteiger partial charge in [0.1, 0.15) is 11.5 Å². The summed E-state index contributed by atoms with van der Waals surface area (Å²) in [6, 6.07) is 5.60. The SMILES string of the molecule is CN(C)C1CCN(C(=O)c2cccc(N)n2)C1.Cl. The highest BCUT2D eigenvalue weighted by Crippen LogP contribution is 2.15. The second-order valence-electron chi connectivity index (χ2n) is 4.60. The first kappa shape index (κ1) is 14.7. The van der Waals surface area contributed by atoms with Crippen LogP contribution in [0, 0.1) is 0 Å². The maximum atomic E-state index is 12.2. The van der Waals surface area contributed by atoms with Crippen LogP contribution in [0.15, 0.2) is 18.2 Å². The van der Waals surface area contributed by atoms with Gasteiger partial charge in [-0.2, -0.15) is 0 Å². The van der Waals surface area contributed by atoms with Crippen LogP contribution >= 0.6 is 12.4 Å². The van der Waals surface area contributed by atoms with Crippen LogP contribution in [-0.4, -0.2) is 53.9 Å². The molecule has 1 unspecified atom stereocenters. The summed E-state index contributed by atoms with van der Waals surface area (Å²) < 4.78 is 0. The molecule has 0 bridgehead atoms. The van der Waals surface area contributed by atoms with Gasteiger partial charge in [-0.25, -0.2) is 4.98 Å². The van der Waals surface area contributed by atoms with E-state index in [-0.39, 0.29) is 18.3 Å². The molecule has 1 aromatic heterocycles. The van der Waals surface area contributed by atoms with Gasteiger partial charge in [0, 0.05) is 19.1 Å². The Morgan fingerprint density at radius 1 is 1.50 bits per heavy atom. The van der Waals surface area contributed by atoms with Crippen molar-refractivity contribution < 1.29 is 4.79 Å². The highest BCUT2D eigenvalue weighted by atomic mass is 35.5. The molecular formula is C12H19ClN4O. The summed E-state index contributed by atoms with van der Waals surface area (Å²) >= 11 is 0. The van der Waals surface area contributed by atoms with Crippen LogP contribution < -0.4 is 5.73 Å². The number of hydrogen-bond donors (Lipinski definition) is 1. The number of nitrogen functional groups attached to an aromatic ring is 1. The number of hydrogen-bond acceptors (Lipinski definition) is 4. The van der Waals surface area contributed by atoms with E-state index in [0.717, 1.165) is 19.5 Å². The zero-order valence-corrected chi connectivity index (χ0v) is 11.5. The monoisotopic (exact) mass is 270 g/mol. The van der Waals surface area contributed by atoms with E-state index in [4.69, 9.17) is 5.73 Å². The second-order valence-corrected chi connectivity index (χ2v) is 4.60. The van der Waals surface area contributed by atoms with E-state index in [2.05, 4.69) is 9.88 Å². The number of halogens is 1. The first-order valence-corrected chi connectivity index (χ1v) is 5.76. The number of pyridine rings is 1. The van der Waals surface area contributed by atoms with E-state index in [9.17, 15) is 4.79 Å². The Balaban J connectivity index is 0.00000162. The van der Waals surface area contributed by atoms with Gasteiger partial charge in [-0.1, -0.05) is 6.07 Å². The molecule has 5 nitrogen and oxygen atoms in total. The molecule has 6 heteroatoms. The molecule has 1 aliphatic heterocycles. The number of rotatable bonds is 2. The maximum Gasteiger partial charge on any atom is 0.272 e. The summed E-state index contributed by atoms with van der Waals surface area (Å²) in [5.41, 5.74) is 6.02. The molecule has 2 N–H and O–H groups in total. The summed E-state index contributed by atoms with van der Waals surface area (Å²) in [4.78, 5) is 20.2. The van der Waals surface area contributed by atoms with Crippen molar-refractivity contribution in [1.82, 2.24) is 14.8 Å². The van der Waals surface area contributed by atoms with Crippen molar-refractivity contribution in [2.24, 2.45) is 0 Å². The standard InChI is InChI=1S/C12H18N4O.ClH/c1-15(2)9-6-7-16(8-9)12(17)10-4-3-5-11(13)14-10;/h3-5,9H,6-8H2,1-2H3,(H2,13,14);1H. The van der Waals surface area contributed by atoms with Gasteiger partial charge in [-0.05, 0) is 32.6 Å². The zero-order valence-electron chi connectivity index (χ0n) is 10.7. The minimum atomic E-state index is -0.0262. The number of carbonyl (C=O) groups excluding carboxylic acids is 1. The number of amides is 1. The van der Waals surface area contributed by atoms with Crippen molar-refractivity contribution in [3.05, 3.63) is 23.9 Å². The minimum absolute atomic E-state index is 0. The third-order valence-electron chi connectivity index (χ3n) is 3.17. The van der Waals surface area contributed by atoms with Crippen molar-refractivity contribution in [1.29, 1.82) is 0 Å². The van der Waals surface area contributed by atoms with Crippen LogP contribution in [0.1, 0.15) is 16.9 Å². The molecule has 0 radical (unpaired) electrons. The van der Waals surface area contributed by atoms with E-state index in [1.54, 1.807) is 18.2 Å². The van der Waals surface area contributed by atoms with Crippen molar-refractivity contribution in [3.63, 3.8) is 0 Å². The molecule has 1 fully saturated rings. The number of nitrogens with zero attached hydrogens (tertiary/aromatic N) is 3. The summed E-state index contributed by atoms with van der Waals surface area (Å²) in [5.74, 6) is 0.362. The first-order chi connectivity index (χ1) is 8.08. The van der Waals surface area contributed by atoms with Gasteiger partial charge in [0.25, 0.3) is 5.91 Å². The predicted molar refractivity (Wildman–Crippen MR) is 73.9 cm³/mol. The van der Waals surface area contributed by atoms with Crippen LogP contribution in [-0.2, 0) is 0 Å². The van der Waals surface area contributed by atoms with Gasteiger partial charge >= 0.3 is 0 Å². The normalized spacial score (nSPS) is 18.8. The Morgan fingerprint density at radius 2 is 2.22 bits per heavy atom. The number of anilines is 1. The van der Waals surface area contributed by atoms with Crippen molar-refractivity contribution in [2.75, 3.05) is 32.9 Å². The molecule has 1 aromatic rings. The van der Waals surface area contributed by atoms with E-state index >= 15 is 0 Å². The minimum Gasteiger partial charge on any atom is -0.384 e. The zero-order chi connectivity index (χ0) is 12.4. The smallest absolute Gasteiger partial charge is 0.272 e. The lowest BCUT2D eigenvalue weighted by molar-refractivity contribution is 0.0777. The van der Waals surface area contributed by atoms with E-state index in [1.807, 2.05) is 19.0 Å². The van der Waals surface area contributed by atoms with Gasteiger partial charge in [0.15, 0.2) is 0 Å². The molecule has 0 spiro atoms. The third kappa shape index (κ3) is 3.11. The quantitative estimate of drug-likeness (QED) is 0.866. The number of likely N-dealkylation sites (N-methyl/N-ethyl adjacent to an activating group) is 1. The van der Waals surface area contributed by atoms with Crippen LogP contribution in [0.3, 0.4) is 0 Å². The molecule has 1 atom stereocenters. The van der Waals surface area contributed by atoms with Gasteiger partial charge in [0.05, 0.1) is 0 Å². The number of aromatic nitrogens is 1. The second kappa shape index (κ2) is 6.02. The van der Waals surface area contributed by atoms with Crippen LogP contribution in [0.25, 0.3) is 0 Å². The van der Waals surface area contributed by atoms with Crippen molar-refractivity contribution in [3.8, 4) is 0 Å². The van der Waals surface area contributed by atoms with Gasteiger partial charge in [-0.15, -0.1) is 12.4 Å². The molecule has 100 valence electrons. The molecule has 0 aliphatic carbocycles. The van der Waals surface area contributed by atoms with Crippen LogP contribution in [0.5, 0.6) is 0 Å². The lowest BCUT2D eigenvalue weighted by Gasteiger charge is -2.20. The van der Waals surface area contributed by atoms with Gasteiger partial charge in [0.2, 0.25) is 0 Å². The van der Waals surface area contributed by atoms with Crippen molar-refractivity contribution >= 4 is 24.1 Å². The Hall–Kier alpha value is -1.33. The van der Waals surface area contributed by atoms with E-state index in [0.29, 0.717) is 17.6 Å². The molecule has 18 heavy (non-hydrogen) atoms. The first-order valence-electron chi connectivity index (χ1n) is 5.76. The number of likely N-dealkylation sites (tertiary alicyclic amines) is 1. The molecule has 0 saturated carbocycles. The Bertz CT molecular complexity index is 424. The summed E-state index contributed by atoms with van der Waals surface area (Å²) in [5, 5.41) is 0. The van der Waals surface area contributed by atoms with Gasteiger partial charge in [-0.3, -0.25) is 4.79 Å². The summed E-state index contributed by atoms with van der Waals surface area (Å²) in [6.07, 6.45) is 1.01. The van der Waals surface area contributed by atoms with Gasteiger partial charge < -0.3 is 15.5 Å². The molecule has 2 heterocycles. The highest BCUT2D eigenvalue weighted by molar-refractivity contribution is 5.92. The molecular weight excluding hydrogens is 252 g/mol. The Kier molecular flexibility index (Phi) is 4.93. The average Bonchev–Trinajstić information content (AvgIpc) is 2.77. The average molecular weight is 271 g/mol. The van der Waals surface area contributed by atoms with Crippen LogP contribution in [0.2, 0.25) is 0 Å². The highest BCUT2D eigenvalue weighted by Gasteiger charge is 2.28. The summed E-state index contributed by atoms with van der Waals surface area (Å²) in [6.45, 7) is 1.56. The Morgan fingerprint density at radius 3 is 2.78 bits per heavy atom. The molecule has 1 aliphatic rings. The van der Waals surface area contributed by atoms with Crippen LogP contribution in [0.4, 0.5) is 5.82 Å². The lowest BCUT2D eigenvalue weighted by atomic mass is 10.2. The molecule has 1 saturated heterocycles. The lowest BCUT2D eigenvalue weighted by Crippen LogP contribution is -2.34. The summed E-state index contributed by atoms with van der Waals surface area (Å²) in [7, 11) is 4.08. The fraction of sp³-hybridized carbons (Fsp3) is 0.500. The Labute approximate surface area is 113 Å². The molecule has 2 rings (SSSR count). The third-order valence-corrected chi connectivity index (χ3v) is 3.17. The van der Waals surface area contributed by atoms with E-state index < -0.39 is 0 Å². The molecule has 0 aromatic carbocycles. The fourth-order valence-corrected chi connectivity index (χ4v) is 2.08.